The summed E-state index contributed by atoms with van der Waals surface area (Å²) >= 11 is 0. The average Bonchev–Trinajstić information content (AvgIpc) is 2.91. The molecule has 2 atom stereocenters. The summed E-state index contributed by atoms with van der Waals surface area (Å²) in [6.07, 6.45) is 3.65. The highest BCUT2D eigenvalue weighted by Crippen LogP contribution is 2.26. The van der Waals surface area contributed by atoms with Gasteiger partial charge in [0, 0.05) is 20.1 Å². The van der Waals surface area contributed by atoms with E-state index in [1.54, 1.807) is 4.68 Å². The molecule has 0 saturated carbocycles. The molecule has 0 spiro atoms. The number of morpholine rings is 1. The fraction of sp³-hybridized carbons (Fsp3) is 0.824. The second kappa shape index (κ2) is 7.96. The molecule has 0 unspecified atom stereocenters. The molecule has 1 N–H and O–H groups in total. The van der Waals surface area contributed by atoms with Crippen molar-refractivity contribution in [3.8, 4) is 0 Å². The van der Waals surface area contributed by atoms with Gasteiger partial charge >= 0.3 is 6.03 Å². The number of hydrogen-bond acceptors (Lipinski definition) is 4. The highest BCUT2D eigenvalue weighted by atomic mass is 16.5. The van der Waals surface area contributed by atoms with Crippen molar-refractivity contribution in [3.05, 3.63) is 12.2 Å². The first-order valence-corrected chi connectivity index (χ1v) is 8.74. The zero-order chi connectivity index (χ0) is 17.7. The van der Waals surface area contributed by atoms with E-state index in [0.717, 1.165) is 18.7 Å². The Morgan fingerprint density at radius 1 is 1.50 bits per heavy atom. The van der Waals surface area contributed by atoms with Crippen LogP contribution in [0.1, 0.15) is 52.4 Å². The summed E-state index contributed by atoms with van der Waals surface area (Å²) < 4.78 is 7.24. The van der Waals surface area contributed by atoms with Crippen molar-refractivity contribution in [2.45, 2.75) is 46.6 Å². The number of aromatic nitrogens is 3. The van der Waals surface area contributed by atoms with E-state index in [2.05, 4.69) is 43.1 Å². The molecule has 2 rings (SSSR count). The maximum absolute atomic E-state index is 12.6. The van der Waals surface area contributed by atoms with Crippen molar-refractivity contribution in [1.82, 2.24) is 25.0 Å². The lowest BCUT2D eigenvalue weighted by Crippen LogP contribution is -2.49. The summed E-state index contributed by atoms with van der Waals surface area (Å²) in [4.78, 5) is 18.7. The molecule has 2 amide bonds. The van der Waals surface area contributed by atoms with Crippen molar-refractivity contribution >= 4 is 6.03 Å². The van der Waals surface area contributed by atoms with Gasteiger partial charge in [0.25, 0.3) is 0 Å². The molecule has 0 aromatic carbocycles. The van der Waals surface area contributed by atoms with E-state index in [0.29, 0.717) is 37.6 Å². The molecule has 0 bridgehead atoms. The van der Waals surface area contributed by atoms with E-state index < -0.39 is 0 Å². The molecule has 136 valence electrons. The molecule has 7 heteroatoms. The first kappa shape index (κ1) is 18.7. The monoisotopic (exact) mass is 337 g/mol. The number of ether oxygens (including phenoxy) is 1. The normalized spacial score (nSPS) is 20.0. The summed E-state index contributed by atoms with van der Waals surface area (Å²) in [5, 5.41) is 7.15. The minimum atomic E-state index is -0.182. The fourth-order valence-corrected chi connectivity index (χ4v) is 3.34. The summed E-state index contributed by atoms with van der Waals surface area (Å²) in [5.74, 6) is 1.34. The number of carbonyl (C=O) groups excluding carboxylic acids is 1. The Kier molecular flexibility index (Phi) is 6.21. The Bertz CT molecular complexity index is 537. The van der Waals surface area contributed by atoms with Crippen LogP contribution >= 0.6 is 0 Å². The number of rotatable bonds is 5. The minimum Gasteiger partial charge on any atom is -0.377 e. The number of nitrogens with zero attached hydrogens (tertiary/aromatic N) is 4. The van der Waals surface area contributed by atoms with Crippen LogP contribution in [0.25, 0.3) is 0 Å². The molecule has 0 aliphatic carbocycles. The SMILES string of the molecule is C[C@@H](CCNC(=O)N1CCOC[C@H]1c1ncnn1C)CC(C)(C)C. The molecule has 24 heavy (non-hydrogen) atoms. The van der Waals surface area contributed by atoms with Gasteiger partial charge in [-0.15, -0.1) is 0 Å². The molecular formula is C17H31N5O2. The third-order valence-corrected chi connectivity index (χ3v) is 4.31. The quantitative estimate of drug-likeness (QED) is 0.895. The second-order valence-corrected chi connectivity index (χ2v) is 7.92. The van der Waals surface area contributed by atoms with Gasteiger partial charge in [0.1, 0.15) is 12.4 Å². The lowest BCUT2D eigenvalue weighted by Gasteiger charge is -2.34. The van der Waals surface area contributed by atoms with Crippen molar-refractivity contribution in [2.24, 2.45) is 18.4 Å². The fourth-order valence-electron chi connectivity index (χ4n) is 3.34. The Labute approximate surface area is 144 Å². The van der Waals surface area contributed by atoms with Gasteiger partial charge in [-0.3, -0.25) is 4.68 Å². The molecule has 0 radical (unpaired) electrons. The Balaban J connectivity index is 1.87. The molecule has 1 aromatic rings. The zero-order valence-electron chi connectivity index (χ0n) is 15.6. The van der Waals surface area contributed by atoms with Gasteiger partial charge in [-0.2, -0.15) is 5.10 Å². The largest absolute Gasteiger partial charge is 0.377 e. The molecule has 1 saturated heterocycles. The Morgan fingerprint density at radius 2 is 2.25 bits per heavy atom. The molecule has 1 aromatic heterocycles. The summed E-state index contributed by atoms with van der Waals surface area (Å²) in [5.41, 5.74) is 0.323. The van der Waals surface area contributed by atoms with Crippen molar-refractivity contribution in [2.75, 3.05) is 26.3 Å². The van der Waals surface area contributed by atoms with Gasteiger partial charge in [-0.05, 0) is 24.2 Å². The van der Waals surface area contributed by atoms with E-state index in [-0.39, 0.29) is 12.1 Å². The molecule has 7 nitrogen and oxygen atoms in total. The maximum atomic E-state index is 12.6. The minimum absolute atomic E-state index is 0.0470. The van der Waals surface area contributed by atoms with Crippen LogP contribution in [0.3, 0.4) is 0 Å². The van der Waals surface area contributed by atoms with E-state index in [1.807, 2.05) is 11.9 Å². The first-order valence-electron chi connectivity index (χ1n) is 8.74. The number of nitrogens with one attached hydrogen (secondary N) is 1. The van der Waals surface area contributed by atoms with Crippen LogP contribution < -0.4 is 5.32 Å². The highest BCUT2D eigenvalue weighted by Gasteiger charge is 2.31. The smallest absolute Gasteiger partial charge is 0.318 e. The standard InChI is InChI=1S/C17H31N5O2/c1-13(10-17(2,3)4)6-7-18-16(23)22-8-9-24-11-14(22)15-19-12-20-21(15)5/h12-14H,6-11H2,1-5H3,(H,18,23)/t13-,14-/m0/s1. The molecule has 1 fully saturated rings. The molecule has 1 aliphatic rings. The van der Waals surface area contributed by atoms with Crippen LogP contribution in [0.2, 0.25) is 0 Å². The third-order valence-electron chi connectivity index (χ3n) is 4.31. The first-order chi connectivity index (χ1) is 11.3. The van der Waals surface area contributed by atoms with Gasteiger partial charge in [0.2, 0.25) is 0 Å². The topological polar surface area (TPSA) is 72.3 Å². The van der Waals surface area contributed by atoms with E-state index in [9.17, 15) is 4.79 Å². The van der Waals surface area contributed by atoms with Gasteiger partial charge in [-0.25, -0.2) is 9.78 Å². The van der Waals surface area contributed by atoms with E-state index in [1.165, 1.54) is 6.33 Å². The van der Waals surface area contributed by atoms with Gasteiger partial charge < -0.3 is 15.0 Å². The maximum Gasteiger partial charge on any atom is 0.318 e. The number of hydrogen-bond donors (Lipinski definition) is 1. The van der Waals surface area contributed by atoms with Crippen LogP contribution in [0, 0.1) is 11.3 Å². The predicted octanol–water partition coefficient (Wildman–Crippen LogP) is 2.36. The zero-order valence-corrected chi connectivity index (χ0v) is 15.6. The summed E-state index contributed by atoms with van der Waals surface area (Å²) in [7, 11) is 1.83. The molecule has 1 aliphatic heterocycles. The van der Waals surface area contributed by atoms with Crippen LogP contribution in [0.15, 0.2) is 6.33 Å². The number of amides is 2. The summed E-state index contributed by atoms with van der Waals surface area (Å²) in [6.45, 7) is 11.3. The number of urea groups is 1. The van der Waals surface area contributed by atoms with E-state index in [4.69, 9.17) is 4.74 Å². The average molecular weight is 337 g/mol. The van der Waals surface area contributed by atoms with Crippen LogP contribution in [-0.4, -0.2) is 52.0 Å². The number of aryl methyl sites for hydroxylation is 1. The van der Waals surface area contributed by atoms with Crippen LogP contribution in [0.4, 0.5) is 4.79 Å². The van der Waals surface area contributed by atoms with Crippen molar-refractivity contribution in [3.63, 3.8) is 0 Å². The lowest BCUT2D eigenvalue weighted by molar-refractivity contribution is 0.00739. The molecule has 2 heterocycles. The number of carbonyl (C=O) groups is 1. The van der Waals surface area contributed by atoms with Gasteiger partial charge in [0.15, 0.2) is 5.82 Å². The van der Waals surface area contributed by atoms with Crippen molar-refractivity contribution in [1.29, 1.82) is 0 Å². The third kappa shape index (κ3) is 5.19. The predicted molar refractivity (Wildman–Crippen MR) is 92.5 cm³/mol. The summed E-state index contributed by atoms with van der Waals surface area (Å²) in [6, 6.07) is -0.229. The Morgan fingerprint density at radius 3 is 2.88 bits per heavy atom. The second-order valence-electron chi connectivity index (χ2n) is 7.92. The van der Waals surface area contributed by atoms with Gasteiger partial charge in [0.05, 0.1) is 13.2 Å². The van der Waals surface area contributed by atoms with Crippen LogP contribution in [-0.2, 0) is 11.8 Å². The highest BCUT2D eigenvalue weighted by molar-refractivity contribution is 5.74. The molecular weight excluding hydrogens is 306 g/mol. The van der Waals surface area contributed by atoms with Crippen molar-refractivity contribution < 1.29 is 9.53 Å². The van der Waals surface area contributed by atoms with Crippen LogP contribution in [0.5, 0.6) is 0 Å². The van der Waals surface area contributed by atoms with Gasteiger partial charge in [-0.1, -0.05) is 27.7 Å². The Hall–Kier alpha value is -1.63. The lowest BCUT2D eigenvalue weighted by atomic mass is 9.84. The van der Waals surface area contributed by atoms with E-state index >= 15 is 0 Å².